The van der Waals surface area contributed by atoms with Crippen molar-refractivity contribution in [2.75, 3.05) is 10.6 Å². The second-order valence-electron chi connectivity index (χ2n) is 6.53. The van der Waals surface area contributed by atoms with Gasteiger partial charge in [-0.2, -0.15) is 5.26 Å². The fourth-order valence-corrected chi connectivity index (χ4v) is 2.62. The van der Waals surface area contributed by atoms with E-state index in [1.54, 1.807) is 24.3 Å². The highest BCUT2D eigenvalue weighted by Crippen LogP contribution is 2.23. The van der Waals surface area contributed by atoms with Gasteiger partial charge in [0.15, 0.2) is 0 Å². The minimum atomic E-state index is -0.484. The van der Waals surface area contributed by atoms with Crippen LogP contribution in [0.5, 0.6) is 11.5 Å². The first kappa shape index (κ1) is 19.7. The van der Waals surface area contributed by atoms with Crippen LogP contribution < -0.4 is 15.4 Å². The van der Waals surface area contributed by atoms with Crippen molar-refractivity contribution in [3.05, 3.63) is 95.7 Å². The van der Waals surface area contributed by atoms with E-state index in [0.29, 0.717) is 11.4 Å². The van der Waals surface area contributed by atoms with E-state index in [1.165, 1.54) is 6.20 Å². The van der Waals surface area contributed by atoms with Crippen LogP contribution in [-0.2, 0) is 4.79 Å². The molecule has 0 spiro atoms. The summed E-state index contributed by atoms with van der Waals surface area (Å²) >= 11 is 0. The standard InChI is InChI=1S/C24H21N3O2/c1-17-8-9-18(2)23(14-17)26-16-19(15-25)24(28)27-20-10-12-22(13-11-20)29-21-6-4-3-5-7-21/h3-14,16,26H,1-2H3,(H,27,28)/b19-16-. The number of nitriles is 1. The second kappa shape index (κ2) is 9.25. The molecule has 0 aliphatic carbocycles. The molecule has 0 saturated heterocycles. The van der Waals surface area contributed by atoms with Gasteiger partial charge in [-0.3, -0.25) is 4.79 Å². The largest absolute Gasteiger partial charge is 0.457 e. The van der Waals surface area contributed by atoms with E-state index in [4.69, 9.17) is 4.74 Å². The molecule has 3 aromatic carbocycles. The number of carbonyl (C=O) groups excluding carboxylic acids is 1. The number of nitrogens with zero attached hydrogens (tertiary/aromatic N) is 1. The second-order valence-corrected chi connectivity index (χ2v) is 6.53. The van der Waals surface area contributed by atoms with Gasteiger partial charge in [-0.05, 0) is 67.4 Å². The summed E-state index contributed by atoms with van der Waals surface area (Å²) in [5.74, 6) is 0.903. The molecule has 1 amide bonds. The predicted octanol–water partition coefficient (Wildman–Crippen LogP) is 5.55. The Balaban J connectivity index is 1.64. The van der Waals surface area contributed by atoms with Crippen LogP contribution in [0.25, 0.3) is 0 Å². The number of hydrogen-bond acceptors (Lipinski definition) is 4. The van der Waals surface area contributed by atoms with Crippen molar-refractivity contribution < 1.29 is 9.53 Å². The number of carbonyl (C=O) groups is 1. The third-order valence-corrected chi connectivity index (χ3v) is 4.22. The molecule has 5 heteroatoms. The normalized spacial score (nSPS) is 10.7. The molecule has 0 aromatic heterocycles. The van der Waals surface area contributed by atoms with E-state index >= 15 is 0 Å². The first-order valence-corrected chi connectivity index (χ1v) is 9.13. The van der Waals surface area contributed by atoms with Crippen molar-refractivity contribution in [3.63, 3.8) is 0 Å². The number of ether oxygens (including phenoxy) is 1. The van der Waals surface area contributed by atoms with Crippen molar-refractivity contribution >= 4 is 17.3 Å². The quantitative estimate of drug-likeness (QED) is 0.432. The molecule has 0 atom stereocenters. The lowest BCUT2D eigenvalue weighted by molar-refractivity contribution is -0.112. The van der Waals surface area contributed by atoms with Crippen molar-refractivity contribution in [3.8, 4) is 17.6 Å². The van der Waals surface area contributed by atoms with Crippen LogP contribution in [0.1, 0.15) is 11.1 Å². The highest BCUT2D eigenvalue weighted by Gasteiger charge is 2.10. The minimum Gasteiger partial charge on any atom is -0.457 e. The maximum absolute atomic E-state index is 12.4. The first-order valence-electron chi connectivity index (χ1n) is 9.13. The molecule has 29 heavy (non-hydrogen) atoms. The van der Waals surface area contributed by atoms with Gasteiger partial charge in [0.25, 0.3) is 5.91 Å². The van der Waals surface area contributed by atoms with E-state index in [1.807, 2.05) is 68.4 Å². The lowest BCUT2D eigenvalue weighted by Gasteiger charge is -2.09. The summed E-state index contributed by atoms with van der Waals surface area (Å²) in [6, 6.07) is 24.3. The number of benzene rings is 3. The fraction of sp³-hybridized carbons (Fsp3) is 0.0833. The van der Waals surface area contributed by atoms with Crippen LogP contribution in [0.15, 0.2) is 84.6 Å². The Bertz CT molecular complexity index is 1070. The number of rotatable bonds is 6. The van der Waals surface area contributed by atoms with E-state index in [2.05, 4.69) is 10.6 Å². The molecule has 5 nitrogen and oxygen atoms in total. The monoisotopic (exact) mass is 383 g/mol. The summed E-state index contributed by atoms with van der Waals surface area (Å²) in [5.41, 5.74) is 3.53. The molecular formula is C24H21N3O2. The van der Waals surface area contributed by atoms with E-state index < -0.39 is 5.91 Å². The zero-order valence-electron chi connectivity index (χ0n) is 16.3. The summed E-state index contributed by atoms with van der Waals surface area (Å²) in [6.45, 7) is 3.94. The van der Waals surface area contributed by atoms with Gasteiger partial charge in [0, 0.05) is 17.6 Å². The molecular weight excluding hydrogens is 362 g/mol. The van der Waals surface area contributed by atoms with Gasteiger partial charge in [-0.1, -0.05) is 30.3 Å². The fourth-order valence-electron chi connectivity index (χ4n) is 2.62. The van der Waals surface area contributed by atoms with Gasteiger partial charge in [-0.25, -0.2) is 0 Å². The Hall–Kier alpha value is -4.04. The van der Waals surface area contributed by atoms with Crippen molar-refractivity contribution in [2.45, 2.75) is 13.8 Å². The SMILES string of the molecule is Cc1ccc(C)c(N/C=C(/C#N)C(=O)Nc2ccc(Oc3ccccc3)cc2)c1. The third-order valence-electron chi connectivity index (χ3n) is 4.22. The van der Waals surface area contributed by atoms with Gasteiger partial charge in [0.05, 0.1) is 0 Å². The summed E-state index contributed by atoms with van der Waals surface area (Å²) in [7, 11) is 0. The van der Waals surface area contributed by atoms with Crippen molar-refractivity contribution in [2.24, 2.45) is 0 Å². The highest BCUT2D eigenvalue weighted by molar-refractivity contribution is 6.06. The molecule has 0 saturated carbocycles. The zero-order valence-corrected chi connectivity index (χ0v) is 16.3. The summed E-state index contributed by atoms with van der Waals surface area (Å²) in [5, 5.41) is 15.1. The molecule has 144 valence electrons. The Morgan fingerprint density at radius 3 is 2.34 bits per heavy atom. The molecule has 0 bridgehead atoms. The number of hydrogen-bond donors (Lipinski definition) is 2. The Labute approximate surface area is 170 Å². The van der Waals surface area contributed by atoms with Crippen molar-refractivity contribution in [1.82, 2.24) is 0 Å². The van der Waals surface area contributed by atoms with Crippen LogP contribution in [0.2, 0.25) is 0 Å². The van der Waals surface area contributed by atoms with Crippen LogP contribution in [0, 0.1) is 25.2 Å². The average molecular weight is 383 g/mol. The van der Waals surface area contributed by atoms with Gasteiger partial charge in [0.2, 0.25) is 0 Å². The lowest BCUT2D eigenvalue weighted by atomic mass is 10.1. The topological polar surface area (TPSA) is 74.2 Å². The van der Waals surface area contributed by atoms with Crippen molar-refractivity contribution in [1.29, 1.82) is 5.26 Å². The van der Waals surface area contributed by atoms with Gasteiger partial charge < -0.3 is 15.4 Å². The predicted molar refractivity (Wildman–Crippen MR) is 115 cm³/mol. The molecule has 3 aromatic rings. The average Bonchev–Trinajstić information content (AvgIpc) is 2.73. The smallest absolute Gasteiger partial charge is 0.267 e. The zero-order chi connectivity index (χ0) is 20.6. The Morgan fingerprint density at radius 1 is 0.966 bits per heavy atom. The molecule has 0 aliphatic heterocycles. The lowest BCUT2D eigenvalue weighted by Crippen LogP contribution is -2.14. The van der Waals surface area contributed by atoms with Crippen LogP contribution in [-0.4, -0.2) is 5.91 Å². The molecule has 0 aliphatic rings. The minimum absolute atomic E-state index is 0.0180. The molecule has 0 fully saturated rings. The van der Waals surface area contributed by atoms with Gasteiger partial charge >= 0.3 is 0 Å². The van der Waals surface area contributed by atoms with Crippen LogP contribution >= 0.6 is 0 Å². The van der Waals surface area contributed by atoms with E-state index in [9.17, 15) is 10.1 Å². The number of aryl methyl sites for hydroxylation is 2. The summed E-state index contributed by atoms with van der Waals surface area (Å²) in [4.78, 5) is 12.4. The Morgan fingerprint density at radius 2 is 1.66 bits per heavy atom. The number of nitrogens with one attached hydrogen (secondary N) is 2. The maximum atomic E-state index is 12.4. The molecule has 0 unspecified atom stereocenters. The number of anilines is 2. The molecule has 0 heterocycles. The number of para-hydroxylation sites is 1. The highest BCUT2D eigenvalue weighted by atomic mass is 16.5. The van der Waals surface area contributed by atoms with E-state index in [0.717, 1.165) is 22.6 Å². The van der Waals surface area contributed by atoms with Gasteiger partial charge in [0.1, 0.15) is 23.1 Å². The summed E-state index contributed by atoms with van der Waals surface area (Å²) < 4.78 is 5.73. The van der Waals surface area contributed by atoms with Crippen LogP contribution in [0.3, 0.4) is 0 Å². The molecule has 3 rings (SSSR count). The third kappa shape index (κ3) is 5.47. The van der Waals surface area contributed by atoms with Crippen LogP contribution in [0.4, 0.5) is 11.4 Å². The molecule has 2 N–H and O–H groups in total. The maximum Gasteiger partial charge on any atom is 0.267 e. The summed E-state index contributed by atoms with van der Waals surface area (Å²) in [6.07, 6.45) is 1.42. The van der Waals surface area contributed by atoms with Gasteiger partial charge in [-0.15, -0.1) is 0 Å². The number of amides is 1. The molecule has 0 radical (unpaired) electrons. The Kier molecular flexibility index (Phi) is 6.29. The van der Waals surface area contributed by atoms with E-state index in [-0.39, 0.29) is 5.57 Å². The first-order chi connectivity index (χ1) is 14.0.